The van der Waals surface area contributed by atoms with E-state index < -0.39 is 11.9 Å². The molecule has 0 saturated carbocycles. The summed E-state index contributed by atoms with van der Waals surface area (Å²) in [5, 5.41) is 6.44. The van der Waals surface area contributed by atoms with Crippen molar-refractivity contribution in [1.82, 2.24) is 5.16 Å². The van der Waals surface area contributed by atoms with E-state index in [9.17, 15) is 14.4 Å². The number of nitrogens with zero attached hydrogens (tertiary/aromatic N) is 1. The first-order chi connectivity index (χ1) is 11.3. The highest BCUT2D eigenvalue weighted by atomic mass is 35.5. The number of anilines is 1. The molecule has 0 aliphatic heterocycles. The van der Waals surface area contributed by atoms with Crippen LogP contribution in [0.15, 0.2) is 4.52 Å². The first-order valence-electron chi connectivity index (χ1n) is 7.02. The number of nitrogens with one attached hydrogen (secondary N) is 1. The van der Waals surface area contributed by atoms with E-state index in [1.165, 1.54) is 6.92 Å². The number of halogens is 1. The average Bonchev–Trinajstić information content (AvgIpc) is 3.00. The molecule has 1 amide bonds. The van der Waals surface area contributed by atoms with Gasteiger partial charge in [-0.2, -0.15) is 0 Å². The van der Waals surface area contributed by atoms with E-state index in [-0.39, 0.29) is 33.7 Å². The fourth-order valence-electron chi connectivity index (χ4n) is 2.05. The minimum atomic E-state index is -0.664. The van der Waals surface area contributed by atoms with E-state index in [1.807, 2.05) is 0 Å². The van der Waals surface area contributed by atoms with Crippen molar-refractivity contribution in [2.75, 3.05) is 11.9 Å². The van der Waals surface area contributed by atoms with Crippen molar-refractivity contribution in [3.8, 4) is 0 Å². The topological polar surface area (TPSA) is 98.5 Å². The van der Waals surface area contributed by atoms with E-state index in [0.29, 0.717) is 16.1 Å². The van der Waals surface area contributed by atoms with E-state index in [4.69, 9.17) is 20.9 Å². The van der Waals surface area contributed by atoms with Gasteiger partial charge in [0.2, 0.25) is 5.76 Å². The summed E-state index contributed by atoms with van der Waals surface area (Å²) in [4.78, 5) is 36.6. The molecule has 7 nitrogen and oxygen atoms in total. The number of carbonyl (C=O) groups is 3. The Morgan fingerprint density at radius 1 is 1.33 bits per heavy atom. The number of ketones is 1. The van der Waals surface area contributed by atoms with Gasteiger partial charge in [0.1, 0.15) is 10.0 Å². The molecule has 0 radical (unpaired) electrons. The van der Waals surface area contributed by atoms with Crippen LogP contribution >= 0.6 is 22.9 Å². The monoisotopic (exact) mass is 370 g/mol. The van der Waals surface area contributed by atoms with Gasteiger partial charge < -0.3 is 14.6 Å². The van der Waals surface area contributed by atoms with Crippen molar-refractivity contribution in [3.63, 3.8) is 0 Å². The van der Waals surface area contributed by atoms with Crippen molar-refractivity contribution in [2.24, 2.45) is 0 Å². The number of carbonyl (C=O) groups excluding carboxylic acids is 3. The lowest BCUT2D eigenvalue weighted by molar-refractivity contribution is 0.0527. The number of rotatable bonds is 5. The normalized spacial score (nSPS) is 10.5. The number of thiophene rings is 1. The second kappa shape index (κ2) is 7.14. The molecule has 0 atom stereocenters. The molecule has 2 aromatic rings. The van der Waals surface area contributed by atoms with Crippen molar-refractivity contribution < 1.29 is 23.6 Å². The number of hydrogen-bond acceptors (Lipinski definition) is 7. The molecule has 128 valence electrons. The predicted octanol–water partition coefficient (Wildman–Crippen LogP) is 3.64. The first kappa shape index (κ1) is 18.2. The maximum absolute atomic E-state index is 12.3. The summed E-state index contributed by atoms with van der Waals surface area (Å²) in [6, 6.07) is 0. The third-order valence-electron chi connectivity index (χ3n) is 3.17. The largest absolute Gasteiger partial charge is 0.462 e. The van der Waals surface area contributed by atoms with Gasteiger partial charge in [-0.25, -0.2) is 4.79 Å². The second-order valence-corrected chi connectivity index (χ2v) is 6.30. The van der Waals surface area contributed by atoms with Gasteiger partial charge in [-0.1, -0.05) is 16.8 Å². The smallest absolute Gasteiger partial charge is 0.341 e. The Hall–Kier alpha value is -2.19. The zero-order valence-corrected chi connectivity index (χ0v) is 15.1. The fourth-order valence-corrected chi connectivity index (χ4v) is 3.29. The molecule has 0 fully saturated rings. The molecule has 0 aliphatic carbocycles. The van der Waals surface area contributed by atoms with Crippen LogP contribution in [-0.2, 0) is 4.74 Å². The zero-order valence-electron chi connectivity index (χ0n) is 13.5. The van der Waals surface area contributed by atoms with Gasteiger partial charge in [0.05, 0.1) is 22.7 Å². The van der Waals surface area contributed by atoms with Crippen molar-refractivity contribution in [1.29, 1.82) is 0 Å². The summed E-state index contributed by atoms with van der Waals surface area (Å²) < 4.78 is 9.89. The lowest BCUT2D eigenvalue weighted by Gasteiger charge is -2.06. The quantitative estimate of drug-likeness (QED) is 0.637. The van der Waals surface area contributed by atoms with Gasteiger partial charge >= 0.3 is 5.97 Å². The molecule has 2 rings (SSSR count). The van der Waals surface area contributed by atoms with Crippen LogP contribution in [0.25, 0.3) is 0 Å². The molecule has 0 saturated heterocycles. The summed E-state index contributed by atoms with van der Waals surface area (Å²) >= 11 is 6.95. The van der Waals surface area contributed by atoms with Gasteiger partial charge in [-0.05, 0) is 33.3 Å². The molecular weight excluding hydrogens is 356 g/mol. The number of Topliss-reactive ketones (excluding diaryl/α,β-unsaturated/α-hetero) is 1. The molecule has 0 aromatic carbocycles. The van der Waals surface area contributed by atoms with Gasteiger partial charge in [-0.15, -0.1) is 11.3 Å². The average molecular weight is 371 g/mol. The van der Waals surface area contributed by atoms with Crippen LogP contribution in [0.1, 0.15) is 55.7 Å². The zero-order chi connectivity index (χ0) is 18.0. The molecule has 24 heavy (non-hydrogen) atoms. The Kier molecular flexibility index (Phi) is 5.40. The van der Waals surface area contributed by atoms with Crippen molar-refractivity contribution in [2.45, 2.75) is 27.7 Å². The number of hydrogen-bond donors (Lipinski definition) is 1. The molecular formula is C15H15ClN2O5S. The van der Waals surface area contributed by atoms with Gasteiger partial charge in [0, 0.05) is 0 Å². The molecule has 0 aliphatic rings. The highest BCUT2D eigenvalue weighted by Crippen LogP contribution is 2.34. The van der Waals surface area contributed by atoms with Gasteiger partial charge in [0.15, 0.2) is 5.78 Å². The molecule has 1 N–H and O–H groups in total. The summed E-state index contributed by atoms with van der Waals surface area (Å²) in [7, 11) is 0. The second-order valence-electron chi connectivity index (χ2n) is 4.90. The highest BCUT2D eigenvalue weighted by Gasteiger charge is 2.27. The maximum Gasteiger partial charge on any atom is 0.341 e. The third kappa shape index (κ3) is 3.34. The highest BCUT2D eigenvalue weighted by molar-refractivity contribution is 7.18. The lowest BCUT2D eigenvalue weighted by atomic mass is 10.1. The van der Waals surface area contributed by atoms with E-state index >= 15 is 0 Å². The van der Waals surface area contributed by atoms with Crippen LogP contribution < -0.4 is 5.32 Å². The van der Waals surface area contributed by atoms with Crippen LogP contribution in [0.4, 0.5) is 5.00 Å². The minimum Gasteiger partial charge on any atom is -0.462 e. The first-order valence-corrected chi connectivity index (χ1v) is 8.21. The Labute approximate surface area is 146 Å². The standard InChI is InChI=1S/C15H15ClN2O5S/c1-5-22-15(21)9-6(2)12(8(4)19)24-14(9)17-13(20)11-10(16)7(3)18-23-11/h5H2,1-4H3,(H,17,20). The SMILES string of the molecule is CCOC(=O)c1c(NC(=O)c2onc(C)c2Cl)sc(C(C)=O)c1C. The minimum absolute atomic E-state index is 0.0882. The number of amides is 1. The van der Waals surface area contributed by atoms with Crippen LogP contribution in [0.3, 0.4) is 0 Å². The Balaban J connectivity index is 2.43. The van der Waals surface area contributed by atoms with Crippen molar-refractivity contribution >= 4 is 45.6 Å². The van der Waals surface area contributed by atoms with E-state index in [2.05, 4.69) is 10.5 Å². The Morgan fingerprint density at radius 2 is 2.00 bits per heavy atom. The number of aromatic nitrogens is 1. The maximum atomic E-state index is 12.3. The summed E-state index contributed by atoms with van der Waals surface area (Å²) in [5.41, 5.74) is 0.980. The molecule has 0 bridgehead atoms. The summed E-state index contributed by atoms with van der Waals surface area (Å²) in [6.45, 7) is 6.44. The number of ether oxygens (including phenoxy) is 1. The van der Waals surface area contributed by atoms with E-state index in [0.717, 1.165) is 11.3 Å². The molecule has 2 heterocycles. The molecule has 2 aromatic heterocycles. The Bertz CT molecular complexity index is 824. The van der Waals surface area contributed by atoms with Crippen LogP contribution in [0.5, 0.6) is 0 Å². The number of esters is 1. The fraction of sp³-hybridized carbons (Fsp3) is 0.333. The van der Waals surface area contributed by atoms with Gasteiger partial charge in [-0.3, -0.25) is 9.59 Å². The third-order valence-corrected chi connectivity index (χ3v) is 4.92. The molecule has 0 unspecified atom stereocenters. The summed E-state index contributed by atoms with van der Waals surface area (Å²) in [5.74, 6) is -1.66. The molecule has 0 spiro atoms. The molecule has 9 heteroatoms. The predicted molar refractivity (Wildman–Crippen MR) is 89.2 cm³/mol. The van der Waals surface area contributed by atoms with Crippen molar-refractivity contribution in [3.05, 3.63) is 32.5 Å². The summed E-state index contributed by atoms with van der Waals surface area (Å²) in [6.07, 6.45) is 0. The van der Waals surface area contributed by atoms with Crippen LogP contribution in [0, 0.1) is 13.8 Å². The lowest BCUT2D eigenvalue weighted by Crippen LogP contribution is -2.14. The van der Waals surface area contributed by atoms with Crippen LogP contribution in [0.2, 0.25) is 5.02 Å². The van der Waals surface area contributed by atoms with Gasteiger partial charge in [0.25, 0.3) is 5.91 Å². The van der Waals surface area contributed by atoms with Crippen LogP contribution in [-0.4, -0.2) is 29.4 Å². The Morgan fingerprint density at radius 3 is 2.50 bits per heavy atom. The number of aryl methyl sites for hydroxylation is 1. The van der Waals surface area contributed by atoms with E-state index in [1.54, 1.807) is 20.8 Å².